The van der Waals surface area contributed by atoms with E-state index in [-0.39, 0.29) is 0 Å². The van der Waals surface area contributed by atoms with Crippen LogP contribution in [0.15, 0.2) is 36.5 Å². The Balaban J connectivity index is 1.69. The summed E-state index contributed by atoms with van der Waals surface area (Å²) in [5.74, 6) is 0. The molecule has 1 aliphatic rings. The highest BCUT2D eigenvalue weighted by Gasteiger charge is 2.28. The number of aromatic nitrogens is 3. The van der Waals surface area contributed by atoms with Crippen LogP contribution in [0, 0.1) is 0 Å². The second-order valence-corrected chi connectivity index (χ2v) is 6.68. The van der Waals surface area contributed by atoms with Crippen molar-refractivity contribution in [3.63, 3.8) is 0 Å². The highest BCUT2D eigenvalue weighted by Crippen LogP contribution is 2.30. The van der Waals surface area contributed by atoms with Gasteiger partial charge in [-0.3, -0.25) is 0 Å². The van der Waals surface area contributed by atoms with E-state index in [1.807, 2.05) is 28.9 Å². The zero-order valence-corrected chi connectivity index (χ0v) is 13.5. The molecule has 1 aliphatic heterocycles. The summed E-state index contributed by atoms with van der Waals surface area (Å²) in [5.41, 5.74) is 2.09. The van der Waals surface area contributed by atoms with Crippen LogP contribution in [0.4, 0.5) is 5.13 Å². The summed E-state index contributed by atoms with van der Waals surface area (Å²) in [4.78, 5) is 7.98. The lowest BCUT2D eigenvalue weighted by atomic mass is 10.2. The number of morpholine rings is 1. The molecule has 0 amide bonds. The van der Waals surface area contributed by atoms with Gasteiger partial charge in [-0.05, 0) is 13.8 Å². The van der Waals surface area contributed by atoms with Gasteiger partial charge >= 0.3 is 0 Å². The van der Waals surface area contributed by atoms with Crippen LogP contribution in [0.3, 0.4) is 0 Å². The molecule has 0 saturated carbocycles. The number of nitrogens with zero attached hydrogens (tertiary/aromatic N) is 4. The SMILES string of the molecule is C[C@@H]1COC[C@@H](C)N1c1nn2cc(-c3ccccc3)nc2s1. The summed E-state index contributed by atoms with van der Waals surface area (Å²) in [5, 5.41) is 5.75. The number of fused-ring (bicyclic) bond motifs is 1. The van der Waals surface area contributed by atoms with Gasteiger partial charge in [0, 0.05) is 5.56 Å². The van der Waals surface area contributed by atoms with Crippen LogP contribution in [0.5, 0.6) is 0 Å². The second-order valence-electron chi connectivity index (χ2n) is 5.75. The highest BCUT2D eigenvalue weighted by atomic mass is 32.1. The predicted molar refractivity (Wildman–Crippen MR) is 88.5 cm³/mol. The van der Waals surface area contributed by atoms with Crippen molar-refractivity contribution in [3.05, 3.63) is 36.5 Å². The van der Waals surface area contributed by atoms with E-state index in [2.05, 4.69) is 30.9 Å². The lowest BCUT2D eigenvalue weighted by Gasteiger charge is -2.38. The van der Waals surface area contributed by atoms with Crippen LogP contribution in [-0.4, -0.2) is 39.9 Å². The molecule has 0 radical (unpaired) electrons. The summed E-state index contributed by atoms with van der Waals surface area (Å²) < 4.78 is 7.48. The molecular formula is C16H18N4OS. The number of rotatable bonds is 2. The quantitative estimate of drug-likeness (QED) is 0.729. The first kappa shape index (κ1) is 13.7. The predicted octanol–water partition coefficient (Wildman–Crippen LogP) is 3.07. The van der Waals surface area contributed by atoms with Crippen LogP contribution in [-0.2, 0) is 4.74 Å². The van der Waals surface area contributed by atoms with Gasteiger partial charge in [0.1, 0.15) is 0 Å². The molecule has 6 heteroatoms. The van der Waals surface area contributed by atoms with Gasteiger partial charge in [-0.15, -0.1) is 5.10 Å². The van der Waals surface area contributed by atoms with E-state index in [1.54, 1.807) is 11.3 Å². The van der Waals surface area contributed by atoms with E-state index < -0.39 is 0 Å². The van der Waals surface area contributed by atoms with Crippen LogP contribution in [0.2, 0.25) is 0 Å². The van der Waals surface area contributed by atoms with Gasteiger partial charge in [0.15, 0.2) is 0 Å². The molecule has 1 fully saturated rings. The van der Waals surface area contributed by atoms with Crippen molar-refractivity contribution >= 4 is 21.4 Å². The molecule has 3 heterocycles. The van der Waals surface area contributed by atoms with Crippen LogP contribution in [0.25, 0.3) is 16.2 Å². The fourth-order valence-electron chi connectivity index (χ4n) is 2.92. The Hall–Kier alpha value is -1.92. The fraction of sp³-hybridized carbons (Fsp3) is 0.375. The minimum absolute atomic E-state index is 0.341. The maximum Gasteiger partial charge on any atom is 0.214 e. The molecule has 0 N–H and O–H groups in total. The van der Waals surface area contributed by atoms with Crippen molar-refractivity contribution in [1.82, 2.24) is 14.6 Å². The summed E-state index contributed by atoms with van der Waals surface area (Å²) in [7, 11) is 0. The number of ether oxygens (including phenoxy) is 1. The first-order chi connectivity index (χ1) is 10.7. The van der Waals surface area contributed by atoms with Gasteiger partial charge in [-0.2, -0.15) is 0 Å². The van der Waals surface area contributed by atoms with Gasteiger partial charge < -0.3 is 9.64 Å². The molecule has 3 aromatic rings. The number of hydrogen-bond donors (Lipinski definition) is 0. The van der Waals surface area contributed by atoms with Gasteiger partial charge in [-0.25, -0.2) is 9.50 Å². The smallest absolute Gasteiger partial charge is 0.214 e. The average Bonchev–Trinajstić information content (AvgIpc) is 3.07. The largest absolute Gasteiger partial charge is 0.377 e. The molecule has 2 atom stereocenters. The molecule has 114 valence electrons. The van der Waals surface area contributed by atoms with Gasteiger partial charge in [0.05, 0.1) is 37.2 Å². The van der Waals surface area contributed by atoms with E-state index in [1.165, 1.54) is 0 Å². The molecule has 0 unspecified atom stereocenters. The van der Waals surface area contributed by atoms with Crippen LogP contribution >= 0.6 is 11.3 Å². The Kier molecular flexibility index (Phi) is 3.35. The van der Waals surface area contributed by atoms with Crippen molar-refractivity contribution in [2.45, 2.75) is 25.9 Å². The standard InChI is InChI=1S/C16H18N4OS/c1-11-9-21-10-12(2)20(11)16-18-19-8-14(17-15(19)22-16)13-6-4-3-5-7-13/h3-8,11-12H,9-10H2,1-2H3/t11-,12-/m1/s1. The summed E-state index contributed by atoms with van der Waals surface area (Å²) in [6.07, 6.45) is 2.00. The van der Waals surface area contributed by atoms with Crippen molar-refractivity contribution in [2.24, 2.45) is 0 Å². The number of anilines is 1. The van der Waals surface area contributed by atoms with Crippen molar-refractivity contribution < 1.29 is 4.74 Å². The molecule has 22 heavy (non-hydrogen) atoms. The molecule has 2 aromatic heterocycles. The third-order valence-electron chi connectivity index (χ3n) is 3.99. The van der Waals surface area contributed by atoms with Gasteiger partial charge in [0.2, 0.25) is 10.1 Å². The zero-order valence-electron chi connectivity index (χ0n) is 12.6. The van der Waals surface area contributed by atoms with E-state index in [0.29, 0.717) is 12.1 Å². The summed E-state index contributed by atoms with van der Waals surface area (Å²) in [6.45, 7) is 5.85. The first-order valence-corrected chi connectivity index (χ1v) is 8.32. The number of benzene rings is 1. The third kappa shape index (κ3) is 2.28. The molecule has 1 saturated heterocycles. The van der Waals surface area contributed by atoms with Gasteiger partial charge in [0.25, 0.3) is 0 Å². The topological polar surface area (TPSA) is 42.7 Å². The lowest BCUT2D eigenvalue weighted by Crippen LogP contribution is -2.49. The minimum atomic E-state index is 0.341. The van der Waals surface area contributed by atoms with E-state index in [9.17, 15) is 0 Å². The Morgan fingerprint density at radius 3 is 2.55 bits per heavy atom. The van der Waals surface area contributed by atoms with Crippen molar-refractivity contribution in [3.8, 4) is 11.3 Å². The van der Waals surface area contributed by atoms with Crippen LogP contribution in [0.1, 0.15) is 13.8 Å². The zero-order chi connectivity index (χ0) is 15.1. The summed E-state index contributed by atoms with van der Waals surface area (Å²) in [6, 6.07) is 10.9. The molecule has 4 rings (SSSR count). The minimum Gasteiger partial charge on any atom is -0.377 e. The average molecular weight is 314 g/mol. The number of hydrogen-bond acceptors (Lipinski definition) is 5. The third-order valence-corrected chi connectivity index (χ3v) is 4.93. The molecule has 1 aromatic carbocycles. The molecule has 5 nitrogen and oxygen atoms in total. The van der Waals surface area contributed by atoms with Crippen LogP contribution < -0.4 is 4.90 Å². The second kappa shape index (κ2) is 5.37. The van der Waals surface area contributed by atoms with Gasteiger partial charge in [-0.1, -0.05) is 41.7 Å². The highest BCUT2D eigenvalue weighted by molar-refractivity contribution is 7.20. The molecule has 0 bridgehead atoms. The normalized spacial score (nSPS) is 22.4. The van der Waals surface area contributed by atoms with E-state index in [0.717, 1.165) is 34.6 Å². The monoisotopic (exact) mass is 314 g/mol. The Bertz CT molecular complexity index is 740. The maximum atomic E-state index is 5.59. The maximum absolute atomic E-state index is 5.59. The number of imidazole rings is 1. The Labute approximate surface area is 133 Å². The molecule has 0 spiro atoms. The first-order valence-electron chi connectivity index (χ1n) is 7.50. The molecular weight excluding hydrogens is 296 g/mol. The Morgan fingerprint density at radius 2 is 1.86 bits per heavy atom. The fourth-order valence-corrected chi connectivity index (χ4v) is 4.01. The van der Waals surface area contributed by atoms with Crippen molar-refractivity contribution in [1.29, 1.82) is 0 Å². The molecule has 0 aliphatic carbocycles. The lowest BCUT2D eigenvalue weighted by molar-refractivity contribution is 0.0755. The van der Waals surface area contributed by atoms with E-state index >= 15 is 0 Å². The van der Waals surface area contributed by atoms with Crippen molar-refractivity contribution in [2.75, 3.05) is 18.1 Å². The Morgan fingerprint density at radius 1 is 1.14 bits per heavy atom. The summed E-state index contributed by atoms with van der Waals surface area (Å²) >= 11 is 1.64. The van der Waals surface area contributed by atoms with E-state index in [4.69, 9.17) is 14.8 Å².